The maximum Gasteiger partial charge on any atom is 0.341 e. The Labute approximate surface area is 282 Å². The summed E-state index contributed by atoms with van der Waals surface area (Å²) >= 11 is 0. The second kappa shape index (κ2) is 13.2. The summed E-state index contributed by atoms with van der Waals surface area (Å²) in [6.45, 7) is 0. The number of hydrogen-bond acceptors (Lipinski definition) is 2. The van der Waals surface area contributed by atoms with Crippen LogP contribution in [0.25, 0.3) is 23.8 Å². The largest absolute Gasteiger partial charge is 1.00 e. The molecule has 1 aromatic heterocycles. The molecule has 1 aliphatic carbocycles. The predicted octanol–water partition coefficient (Wildman–Crippen LogP) is 5.76. The first kappa shape index (κ1) is 30.5. The van der Waals surface area contributed by atoms with E-state index in [4.69, 9.17) is 0 Å². The summed E-state index contributed by atoms with van der Waals surface area (Å²) < 4.78 is 1.85. The molecule has 0 radical (unpaired) electrons. The van der Waals surface area contributed by atoms with Gasteiger partial charge in [-0.3, -0.25) is 0 Å². The van der Waals surface area contributed by atoms with Crippen LogP contribution < -0.4 is 33.4 Å². The minimum Gasteiger partial charge on any atom is -1.00 e. The molecule has 0 bridgehead atoms. The van der Waals surface area contributed by atoms with E-state index in [1.807, 2.05) is 17.7 Å². The Morgan fingerprint density at radius 3 is 2.09 bits per heavy atom. The molecular weight excluding hydrogens is 667 g/mol. The zero-order valence-corrected chi connectivity index (χ0v) is 27.3. The quantitative estimate of drug-likeness (QED) is 0.133. The molecule has 1 aliphatic heterocycles. The minimum atomic E-state index is -0.916. The van der Waals surface area contributed by atoms with E-state index in [2.05, 4.69) is 126 Å². The molecule has 1 N–H and O–H groups in total. The van der Waals surface area contributed by atoms with Gasteiger partial charge in [0.05, 0.1) is 0 Å². The third kappa shape index (κ3) is 6.22. The molecule has 4 aromatic carbocycles. The fourth-order valence-electron chi connectivity index (χ4n) is 6.88. The summed E-state index contributed by atoms with van der Waals surface area (Å²) in [4.78, 5) is 13.9. The van der Waals surface area contributed by atoms with Crippen molar-refractivity contribution in [1.82, 2.24) is 0 Å². The van der Waals surface area contributed by atoms with Gasteiger partial charge in [0, 0.05) is 35.5 Å². The monoisotopic (exact) mass is 702 g/mol. The molecule has 0 saturated heterocycles. The van der Waals surface area contributed by atoms with E-state index in [-0.39, 0.29) is 29.5 Å². The molecule has 4 nitrogen and oxygen atoms in total. The number of hydrogen-bond donors (Lipinski definition) is 1. The lowest BCUT2D eigenvalue weighted by molar-refractivity contribution is -0.673. The molecule has 1 saturated carbocycles. The summed E-state index contributed by atoms with van der Waals surface area (Å²) in [5, 5.41) is 9.27. The van der Waals surface area contributed by atoms with Crippen molar-refractivity contribution in [3.63, 3.8) is 0 Å². The summed E-state index contributed by atoms with van der Waals surface area (Å²) in [6, 6.07) is 41.0. The van der Waals surface area contributed by atoms with Crippen molar-refractivity contribution in [2.24, 2.45) is 7.05 Å². The molecule has 5 aromatic rings. The van der Waals surface area contributed by atoms with Crippen LogP contribution in [0.4, 0.5) is 11.4 Å². The molecule has 0 spiro atoms. The van der Waals surface area contributed by atoms with Crippen LogP contribution >= 0.6 is 0 Å². The zero-order chi connectivity index (χ0) is 30.0. The fourth-order valence-corrected chi connectivity index (χ4v) is 6.88. The van der Waals surface area contributed by atoms with Crippen molar-refractivity contribution in [1.29, 1.82) is 0 Å². The molecule has 0 amide bonds. The van der Waals surface area contributed by atoms with E-state index in [0.717, 1.165) is 11.3 Å². The highest BCUT2D eigenvalue weighted by Crippen LogP contribution is 2.52. The predicted molar refractivity (Wildman–Crippen MR) is 179 cm³/mol. The molecule has 45 heavy (non-hydrogen) atoms. The standard InChI is InChI=1S/C40H34N2O2.HI/c1-41-27-32(40(43)44)19-23-33(41)20-15-29-18-24-39-37(26-29)35-13-8-14-38(35)42(39)34-21-16-28(17-22-34)25-36(30-9-4-2-5-10-30)31-11-6-3-7-12-31;/h2-7,9-12,15-27,35,38H,8,13-14H2,1H3;1H. The highest BCUT2D eigenvalue weighted by atomic mass is 127. The smallest absolute Gasteiger partial charge is 0.341 e. The molecule has 2 atom stereocenters. The van der Waals surface area contributed by atoms with Crippen molar-refractivity contribution in [2.45, 2.75) is 31.2 Å². The van der Waals surface area contributed by atoms with Crippen molar-refractivity contribution < 1.29 is 38.4 Å². The molecule has 1 fully saturated rings. The van der Waals surface area contributed by atoms with E-state index in [1.54, 1.807) is 12.3 Å². The first-order chi connectivity index (χ1) is 21.5. The van der Waals surface area contributed by atoms with Gasteiger partial charge in [0.25, 0.3) is 0 Å². The fraction of sp³-hybridized carbons (Fsp3) is 0.150. The lowest BCUT2D eigenvalue weighted by Gasteiger charge is -2.27. The van der Waals surface area contributed by atoms with E-state index in [0.29, 0.717) is 12.0 Å². The number of rotatable bonds is 7. The van der Waals surface area contributed by atoms with E-state index in [1.165, 1.54) is 58.5 Å². The number of anilines is 2. The minimum absolute atomic E-state index is 0. The van der Waals surface area contributed by atoms with Crippen LogP contribution in [-0.2, 0) is 7.05 Å². The maximum absolute atomic E-state index is 11.3. The number of fused-ring (bicyclic) bond motifs is 3. The second-order valence-electron chi connectivity index (χ2n) is 11.8. The Hall–Kier alpha value is -4.49. The van der Waals surface area contributed by atoms with Gasteiger partial charge in [0.15, 0.2) is 6.20 Å². The molecular formula is C40H35IN2O2. The first-order valence-corrected chi connectivity index (χ1v) is 15.3. The Balaban J connectivity index is 0.00000357. The van der Waals surface area contributed by atoms with Crippen molar-refractivity contribution in [2.75, 3.05) is 4.90 Å². The van der Waals surface area contributed by atoms with Gasteiger partial charge in [-0.05, 0) is 88.7 Å². The van der Waals surface area contributed by atoms with Crippen molar-refractivity contribution in [3.8, 4) is 0 Å². The third-order valence-electron chi connectivity index (χ3n) is 9.04. The van der Waals surface area contributed by atoms with Gasteiger partial charge in [-0.2, -0.15) is 0 Å². The Morgan fingerprint density at radius 1 is 0.778 bits per heavy atom. The number of carboxylic acid groups (broad SMARTS) is 1. The van der Waals surface area contributed by atoms with Gasteiger partial charge in [-0.15, -0.1) is 0 Å². The van der Waals surface area contributed by atoms with Crippen LogP contribution in [0.2, 0.25) is 0 Å². The molecule has 2 heterocycles. The van der Waals surface area contributed by atoms with Gasteiger partial charge in [-0.1, -0.05) is 85.3 Å². The van der Waals surface area contributed by atoms with Gasteiger partial charge in [0.2, 0.25) is 5.69 Å². The average molecular weight is 703 g/mol. The Morgan fingerprint density at radius 2 is 1.44 bits per heavy atom. The van der Waals surface area contributed by atoms with Gasteiger partial charge in [-0.25, -0.2) is 9.36 Å². The number of pyridine rings is 1. The average Bonchev–Trinajstić information content (AvgIpc) is 3.65. The van der Waals surface area contributed by atoms with Crippen LogP contribution in [0, 0.1) is 0 Å². The molecule has 7 rings (SSSR count). The van der Waals surface area contributed by atoms with E-state index < -0.39 is 5.97 Å². The lowest BCUT2D eigenvalue weighted by Crippen LogP contribution is -3.00. The maximum atomic E-state index is 11.3. The summed E-state index contributed by atoms with van der Waals surface area (Å²) in [5.74, 6) is -0.382. The highest BCUT2D eigenvalue weighted by molar-refractivity contribution is 5.91. The summed E-state index contributed by atoms with van der Waals surface area (Å²) in [6.07, 6.45) is 11.8. The second-order valence-corrected chi connectivity index (χ2v) is 11.8. The Kier molecular flexibility index (Phi) is 8.99. The number of aryl methyl sites for hydroxylation is 1. The number of carboxylic acids is 1. The SMILES string of the molecule is C[n+]1cc(C(=O)O)ccc1/C=C/c1ccc2c(c1)C1CCCC1N2c1ccc(C=C(c2ccccc2)c2ccccc2)cc1.[I-]. The van der Waals surface area contributed by atoms with Crippen molar-refractivity contribution in [3.05, 3.63) is 161 Å². The summed E-state index contributed by atoms with van der Waals surface area (Å²) in [7, 11) is 1.88. The number of benzene rings is 4. The molecule has 2 aliphatic rings. The number of carbonyl (C=O) groups is 1. The van der Waals surface area contributed by atoms with Crippen LogP contribution in [-0.4, -0.2) is 17.1 Å². The third-order valence-corrected chi connectivity index (χ3v) is 9.04. The number of nitrogens with zero attached hydrogens (tertiary/aromatic N) is 2. The zero-order valence-electron chi connectivity index (χ0n) is 25.2. The van der Waals surface area contributed by atoms with Crippen LogP contribution in [0.15, 0.2) is 121 Å². The Bertz CT molecular complexity index is 1840. The van der Waals surface area contributed by atoms with Crippen molar-refractivity contribution >= 4 is 41.1 Å². The number of aromatic carboxylic acids is 1. The lowest BCUT2D eigenvalue weighted by atomic mass is 9.95. The molecule has 5 heteroatoms. The first-order valence-electron chi connectivity index (χ1n) is 15.3. The summed E-state index contributed by atoms with van der Waals surface area (Å²) in [5.41, 5.74) is 11.2. The van der Waals surface area contributed by atoms with Crippen LogP contribution in [0.3, 0.4) is 0 Å². The van der Waals surface area contributed by atoms with E-state index in [9.17, 15) is 9.90 Å². The van der Waals surface area contributed by atoms with E-state index >= 15 is 0 Å². The van der Waals surface area contributed by atoms with Gasteiger partial charge >= 0.3 is 5.97 Å². The van der Waals surface area contributed by atoms with Crippen LogP contribution in [0.1, 0.15) is 69.0 Å². The number of aromatic nitrogens is 1. The topological polar surface area (TPSA) is 44.4 Å². The van der Waals surface area contributed by atoms with Crippen LogP contribution in [0.5, 0.6) is 0 Å². The highest BCUT2D eigenvalue weighted by Gasteiger charge is 2.42. The van der Waals surface area contributed by atoms with Gasteiger partial charge < -0.3 is 34.0 Å². The van der Waals surface area contributed by atoms with Gasteiger partial charge in [0.1, 0.15) is 12.6 Å². The molecule has 224 valence electrons. The molecule has 2 unspecified atom stereocenters. The number of halogens is 1. The normalized spacial score (nSPS) is 16.6.